The Bertz CT molecular complexity index is 467. The second-order valence-corrected chi connectivity index (χ2v) is 5.78. The number of alkyl halides is 1. The molecule has 1 N–H and O–H groups in total. The molecular formula is C10H14ClFN2O2S. The molecular weight excluding hydrogens is 267 g/mol. The van der Waals surface area contributed by atoms with Crippen molar-refractivity contribution in [2.45, 2.75) is 30.2 Å². The van der Waals surface area contributed by atoms with Gasteiger partial charge in [0.2, 0.25) is 5.03 Å². The van der Waals surface area contributed by atoms with Crippen LogP contribution in [-0.4, -0.2) is 25.3 Å². The Morgan fingerprint density at radius 3 is 2.88 bits per heavy atom. The highest BCUT2D eigenvalue weighted by Gasteiger charge is 2.19. The van der Waals surface area contributed by atoms with Crippen molar-refractivity contribution < 1.29 is 12.8 Å². The van der Waals surface area contributed by atoms with Gasteiger partial charge in [-0.1, -0.05) is 6.92 Å². The molecule has 0 bridgehead atoms. The van der Waals surface area contributed by atoms with E-state index in [1.54, 1.807) is 0 Å². The first kappa shape index (κ1) is 14.3. The SMILES string of the molecule is CCC(Cl)CCNS(=O)(=O)c1ncccc1F. The lowest BCUT2D eigenvalue weighted by Gasteiger charge is -2.08. The van der Waals surface area contributed by atoms with E-state index < -0.39 is 20.9 Å². The van der Waals surface area contributed by atoms with Crippen molar-refractivity contribution in [2.75, 3.05) is 6.54 Å². The second-order valence-electron chi connectivity index (χ2n) is 3.48. The van der Waals surface area contributed by atoms with Crippen LogP contribution in [0.1, 0.15) is 19.8 Å². The summed E-state index contributed by atoms with van der Waals surface area (Å²) in [5, 5.41) is -0.672. The Morgan fingerprint density at radius 1 is 1.59 bits per heavy atom. The van der Waals surface area contributed by atoms with Gasteiger partial charge in [0.25, 0.3) is 10.0 Å². The molecule has 0 radical (unpaired) electrons. The highest BCUT2D eigenvalue weighted by Crippen LogP contribution is 2.10. The topological polar surface area (TPSA) is 59.1 Å². The van der Waals surface area contributed by atoms with E-state index in [9.17, 15) is 12.8 Å². The quantitative estimate of drug-likeness (QED) is 0.810. The minimum absolute atomic E-state index is 0.0914. The van der Waals surface area contributed by atoms with Crippen LogP contribution < -0.4 is 4.72 Å². The van der Waals surface area contributed by atoms with Gasteiger partial charge in [0.15, 0.2) is 5.82 Å². The fourth-order valence-electron chi connectivity index (χ4n) is 1.19. The zero-order valence-corrected chi connectivity index (χ0v) is 10.9. The number of pyridine rings is 1. The number of hydrogen-bond donors (Lipinski definition) is 1. The summed E-state index contributed by atoms with van der Waals surface area (Å²) in [5.74, 6) is -0.863. The molecule has 0 aromatic carbocycles. The van der Waals surface area contributed by atoms with E-state index in [1.807, 2.05) is 6.92 Å². The molecule has 0 fully saturated rings. The smallest absolute Gasteiger partial charge is 0.241 e. The summed E-state index contributed by atoms with van der Waals surface area (Å²) < 4.78 is 38.8. The van der Waals surface area contributed by atoms with Gasteiger partial charge in [-0.05, 0) is 25.0 Å². The molecule has 96 valence electrons. The molecule has 0 aliphatic heterocycles. The fraction of sp³-hybridized carbons (Fsp3) is 0.500. The van der Waals surface area contributed by atoms with E-state index in [0.29, 0.717) is 6.42 Å². The van der Waals surface area contributed by atoms with Crippen molar-refractivity contribution in [2.24, 2.45) is 0 Å². The van der Waals surface area contributed by atoms with E-state index in [1.165, 1.54) is 12.3 Å². The molecule has 0 saturated heterocycles. The van der Waals surface area contributed by atoms with Crippen LogP contribution in [0.25, 0.3) is 0 Å². The van der Waals surface area contributed by atoms with Gasteiger partial charge in [-0.3, -0.25) is 0 Å². The number of nitrogens with one attached hydrogen (secondary N) is 1. The van der Waals surface area contributed by atoms with Crippen molar-refractivity contribution >= 4 is 21.6 Å². The third kappa shape index (κ3) is 4.22. The van der Waals surface area contributed by atoms with E-state index in [2.05, 4.69) is 9.71 Å². The number of rotatable bonds is 6. The number of hydrogen-bond acceptors (Lipinski definition) is 3. The molecule has 1 aromatic heterocycles. The maximum atomic E-state index is 13.2. The van der Waals surface area contributed by atoms with Gasteiger partial charge in [0, 0.05) is 18.1 Å². The lowest BCUT2D eigenvalue weighted by atomic mass is 10.2. The van der Waals surface area contributed by atoms with Crippen molar-refractivity contribution in [1.82, 2.24) is 9.71 Å². The van der Waals surface area contributed by atoms with Crippen molar-refractivity contribution in [3.63, 3.8) is 0 Å². The highest BCUT2D eigenvalue weighted by atomic mass is 35.5. The second kappa shape index (κ2) is 6.28. The Labute approximate surface area is 105 Å². The van der Waals surface area contributed by atoms with Crippen LogP contribution >= 0.6 is 11.6 Å². The molecule has 1 atom stereocenters. The average molecular weight is 281 g/mol. The lowest BCUT2D eigenvalue weighted by molar-refractivity contribution is 0.542. The summed E-state index contributed by atoms with van der Waals surface area (Å²) in [7, 11) is -3.89. The number of halogens is 2. The summed E-state index contributed by atoms with van der Waals surface area (Å²) in [6.45, 7) is 2.07. The number of aromatic nitrogens is 1. The molecule has 17 heavy (non-hydrogen) atoms. The third-order valence-corrected chi connectivity index (χ3v) is 4.09. The zero-order chi connectivity index (χ0) is 12.9. The Balaban J connectivity index is 2.67. The van der Waals surface area contributed by atoms with Crippen LogP contribution in [0.2, 0.25) is 0 Å². The average Bonchev–Trinajstić information content (AvgIpc) is 2.28. The normalized spacial score (nSPS) is 13.6. The third-order valence-electron chi connectivity index (χ3n) is 2.17. The predicted octanol–water partition coefficient (Wildman–Crippen LogP) is 1.91. The van der Waals surface area contributed by atoms with Gasteiger partial charge < -0.3 is 0 Å². The fourth-order valence-corrected chi connectivity index (χ4v) is 2.35. The van der Waals surface area contributed by atoms with Crippen LogP contribution in [0.3, 0.4) is 0 Å². The van der Waals surface area contributed by atoms with Crippen molar-refractivity contribution in [3.05, 3.63) is 24.1 Å². The van der Waals surface area contributed by atoms with Gasteiger partial charge in [0.1, 0.15) is 0 Å². The van der Waals surface area contributed by atoms with Gasteiger partial charge in [-0.15, -0.1) is 11.6 Å². The molecule has 1 heterocycles. The Hall–Kier alpha value is -0.720. The molecule has 7 heteroatoms. The largest absolute Gasteiger partial charge is 0.261 e. The van der Waals surface area contributed by atoms with Gasteiger partial charge in [-0.2, -0.15) is 0 Å². The van der Waals surface area contributed by atoms with E-state index in [-0.39, 0.29) is 11.9 Å². The molecule has 0 aliphatic carbocycles. The summed E-state index contributed by atoms with van der Waals surface area (Å²) >= 11 is 5.85. The minimum Gasteiger partial charge on any atom is -0.241 e. The molecule has 4 nitrogen and oxygen atoms in total. The summed E-state index contributed by atoms with van der Waals surface area (Å²) in [5.41, 5.74) is 0. The first-order valence-electron chi connectivity index (χ1n) is 5.21. The molecule has 0 amide bonds. The highest BCUT2D eigenvalue weighted by molar-refractivity contribution is 7.89. The van der Waals surface area contributed by atoms with Gasteiger partial charge >= 0.3 is 0 Å². The maximum Gasteiger partial charge on any atom is 0.261 e. The van der Waals surface area contributed by atoms with Crippen molar-refractivity contribution in [1.29, 1.82) is 0 Å². The number of sulfonamides is 1. The maximum absolute atomic E-state index is 13.2. The summed E-state index contributed by atoms with van der Waals surface area (Å²) in [6, 6.07) is 2.39. The van der Waals surface area contributed by atoms with Crippen LogP contribution in [0.5, 0.6) is 0 Å². The first-order chi connectivity index (χ1) is 7.97. The monoisotopic (exact) mass is 280 g/mol. The van der Waals surface area contributed by atoms with Crippen LogP contribution in [0.4, 0.5) is 4.39 Å². The van der Waals surface area contributed by atoms with Gasteiger partial charge in [-0.25, -0.2) is 22.5 Å². The van der Waals surface area contributed by atoms with Crippen molar-refractivity contribution in [3.8, 4) is 0 Å². The predicted molar refractivity (Wildman–Crippen MR) is 63.9 cm³/mol. The minimum atomic E-state index is -3.89. The lowest BCUT2D eigenvalue weighted by Crippen LogP contribution is -2.27. The standard InChI is InChI=1S/C10H14ClFN2O2S/c1-2-8(11)5-7-14-17(15,16)10-9(12)4-3-6-13-10/h3-4,6,8,14H,2,5,7H2,1H3. The van der Waals surface area contributed by atoms with E-state index in [0.717, 1.165) is 12.5 Å². The van der Waals surface area contributed by atoms with Crippen LogP contribution in [0, 0.1) is 5.82 Å². The Morgan fingerprint density at radius 2 is 2.29 bits per heavy atom. The first-order valence-corrected chi connectivity index (χ1v) is 7.13. The Kier molecular flexibility index (Phi) is 5.30. The molecule has 1 rings (SSSR count). The van der Waals surface area contributed by atoms with E-state index >= 15 is 0 Å². The summed E-state index contributed by atoms with van der Waals surface area (Å²) in [4.78, 5) is 3.51. The van der Waals surface area contributed by atoms with Crippen LogP contribution in [-0.2, 0) is 10.0 Å². The molecule has 0 saturated carbocycles. The number of nitrogens with zero attached hydrogens (tertiary/aromatic N) is 1. The molecule has 0 aliphatic rings. The summed E-state index contributed by atoms with van der Waals surface area (Å²) in [6.07, 6.45) is 2.47. The molecule has 1 aromatic rings. The van der Waals surface area contributed by atoms with Gasteiger partial charge in [0.05, 0.1) is 0 Å². The van der Waals surface area contributed by atoms with E-state index in [4.69, 9.17) is 11.6 Å². The zero-order valence-electron chi connectivity index (χ0n) is 9.36. The molecule has 0 spiro atoms. The van der Waals surface area contributed by atoms with Crippen LogP contribution in [0.15, 0.2) is 23.4 Å². The molecule has 1 unspecified atom stereocenters.